The maximum Gasteiger partial charge on any atom is 0.234 e. The number of nitrogens with zero attached hydrogens (tertiary/aromatic N) is 3. The van der Waals surface area contributed by atoms with Crippen molar-refractivity contribution in [1.29, 1.82) is 0 Å². The molecule has 0 aliphatic carbocycles. The van der Waals surface area contributed by atoms with E-state index >= 15 is 0 Å². The number of ether oxygens (including phenoxy) is 1. The van der Waals surface area contributed by atoms with E-state index in [1.807, 2.05) is 42.5 Å². The first kappa shape index (κ1) is 12.1. The summed E-state index contributed by atoms with van der Waals surface area (Å²) in [7, 11) is 0. The monoisotopic (exact) mass is 296 g/mol. The largest absolute Gasteiger partial charge is 0.437 e. The Morgan fingerprint density at radius 2 is 1.81 bits per heavy atom. The number of hydrogen-bond donors (Lipinski definition) is 1. The molecule has 2 aromatic carbocycles. The van der Waals surface area contributed by atoms with Crippen LogP contribution in [0.25, 0.3) is 21.8 Å². The van der Waals surface area contributed by atoms with Crippen molar-refractivity contribution in [3.05, 3.63) is 53.9 Å². The van der Waals surface area contributed by atoms with Gasteiger partial charge in [-0.25, -0.2) is 0 Å². The standard InChI is InChI=1S/C15H9ClN4O/c16-15-18-13-11(8-17-20-13)14(19-15)21-12-7-3-5-9-4-1-2-6-10(9)12/h1-8H,(H,17,18,19,20). The first-order valence-corrected chi connectivity index (χ1v) is 6.71. The average molecular weight is 297 g/mol. The minimum Gasteiger partial charge on any atom is -0.437 e. The van der Waals surface area contributed by atoms with E-state index < -0.39 is 0 Å². The molecular weight excluding hydrogens is 288 g/mol. The molecule has 102 valence electrons. The minimum atomic E-state index is 0.113. The highest BCUT2D eigenvalue weighted by atomic mass is 35.5. The third kappa shape index (κ3) is 2.08. The third-order valence-corrected chi connectivity index (χ3v) is 3.37. The van der Waals surface area contributed by atoms with Crippen LogP contribution in [0.2, 0.25) is 5.28 Å². The number of rotatable bonds is 2. The van der Waals surface area contributed by atoms with Gasteiger partial charge in [0.1, 0.15) is 11.1 Å². The van der Waals surface area contributed by atoms with Crippen LogP contribution in [0.4, 0.5) is 0 Å². The summed E-state index contributed by atoms with van der Waals surface area (Å²) in [5, 5.41) is 9.60. The second-order valence-electron chi connectivity index (χ2n) is 4.51. The van der Waals surface area contributed by atoms with E-state index in [0.29, 0.717) is 22.7 Å². The first-order valence-electron chi connectivity index (χ1n) is 6.33. The van der Waals surface area contributed by atoms with E-state index in [0.717, 1.165) is 10.8 Å². The lowest BCUT2D eigenvalue weighted by molar-refractivity contribution is 0.473. The molecule has 2 aromatic heterocycles. The highest BCUT2D eigenvalue weighted by Crippen LogP contribution is 2.32. The molecule has 0 spiro atoms. The zero-order chi connectivity index (χ0) is 14.2. The van der Waals surface area contributed by atoms with Gasteiger partial charge >= 0.3 is 0 Å². The van der Waals surface area contributed by atoms with Crippen molar-refractivity contribution in [3.63, 3.8) is 0 Å². The molecule has 0 saturated carbocycles. The van der Waals surface area contributed by atoms with Gasteiger partial charge < -0.3 is 4.74 Å². The van der Waals surface area contributed by atoms with Crippen LogP contribution in [0.1, 0.15) is 0 Å². The first-order chi connectivity index (χ1) is 10.3. The van der Waals surface area contributed by atoms with Crippen molar-refractivity contribution in [2.75, 3.05) is 0 Å². The quantitative estimate of drug-likeness (QED) is 0.569. The summed E-state index contributed by atoms with van der Waals surface area (Å²) in [6.07, 6.45) is 1.62. The summed E-state index contributed by atoms with van der Waals surface area (Å²) in [5.74, 6) is 1.10. The van der Waals surface area contributed by atoms with Gasteiger partial charge in [0, 0.05) is 5.39 Å². The number of hydrogen-bond acceptors (Lipinski definition) is 4. The predicted molar refractivity (Wildman–Crippen MR) is 80.7 cm³/mol. The zero-order valence-electron chi connectivity index (χ0n) is 10.7. The van der Waals surface area contributed by atoms with Crippen LogP contribution in [0, 0.1) is 0 Å². The van der Waals surface area contributed by atoms with Crippen LogP contribution in [0.5, 0.6) is 11.6 Å². The Morgan fingerprint density at radius 1 is 0.952 bits per heavy atom. The Balaban J connectivity index is 1.89. The Morgan fingerprint density at radius 3 is 2.76 bits per heavy atom. The molecule has 0 amide bonds. The van der Waals surface area contributed by atoms with Crippen LogP contribution in [-0.4, -0.2) is 20.2 Å². The van der Waals surface area contributed by atoms with Crippen molar-refractivity contribution in [3.8, 4) is 11.6 Å². The van der Waals surface area contributed by atoms with Gasteiger partial charge in [-0.1, -0.05) is 36.4 Å². The summed E-state index contributed by atoms with van der Waals surface area (Å²) in [6.45, 7) is 0. The van der Waals surface area contributed by atoms with Crippen LogP contribution in [0.3, 0.4) is 0 Å². The second kappa shape index (κ2) is 4.71. The van der Waals surface area contributed by atoms with Gasteiger partial charge in [-0.2, -0.15) is 15.1 Å². The van der Waals surface area contributed by atoms with Crippen molar-refractivity contribution in [2.45, 2.75) is 0 Å². The number of H-pyrrole nitrogens is 1. The summed E-state index contributed by atoms with van der Waals surface area (Å²) >= 11 is 5.92. The van der Waals surface area contributed by atoms with E-state index in [1.165, 1.54) is 0 Å². The topological polar surface area (TPSA) is 63.7 Å². The van der Waals surface area contributed by atoms with Gasteiger partial charge in [0.25, 0.3) is 0 Å². The second-order valence-corrected chi connectivity index (χ2v) is 4.85. The van der Waals surface area contributed by atoms with Gasteiger partial charge in [-0.15, -0.1) is 0 Å². The van der Waals surface area contributed by atoms with Crippen LogP contribution < -0.4 is 4.74 Å². The lowest BCUT2D eigenvalue weighted by atomic mass is 10.1. The van der Waals surface area contributed by atoms with E-state index in [1.54, 1.807) is 6.20 Å². The van der Waals surface area contributed by atoms with E-state index in [-0.39, 0.29) is 5.28 Å². The molecule has 0 radical (unpaired) electrons. The summed E-state index contributed by atoms with van der Waals surface area (Å²) in [4.78, 5) is 8.20. The molecule has 5 nitrogen and oxygen atoms in total. The summed E-state index contributed by atoms with van der Waals surface area (Å²) < 4.78 is 5.95. The van der Waals surface area contributed by atoms with Gasteiger partial charge in [0.2, 0.25) is 11.2 Å². The van der Waals surface area contributed by atoms with Crippen LogP contribution in [-0.2, 0) is 0 Å². The lowest BCUT2D eigenvalue weighted by Crippen LogP contribution is -1.92. The smallest absolute Gasteiger partial charge is 0.234 e. The molecule has 0 fully saturated rings. The number of aromatic nitrogens is 4. The van der Waals surface area contributed by atoms with E-state index in [2.05, 4.69) is 20.2 Å². The predicted octanol–water partition coefficient (Wildman–Crippen LogP) is 3.95. The maximum atomic E-state index is 5.95. The number of fused-ring (bicyclic) bond motifs is 2. The number of aromatic amines is 1. The molecule has 0 unspecified atom stereocenters. The molecule has 0 aliphatic rings. The Hall–Kier alpha value is -2.66. The molecular formula is C15H9ClN4O. The highest BCUT2D eigenvalue weighted by molar-refractivity contribution is 6.28. The van der Waals surface area contributed by atoms with Gasteiger partial charge in [0.05, 0.1) is 6.20 Å². The van der Waals surface area contributed by atoms with Gasteiger partial charge in [-0.05, 0) is 23.1 Å². The van der Waals surface area contributed by atoms with Crippen molar-refractivity contribution < 1.29 is 4.74 Å². The minimum absolute atomic E-state index is 0.113. The third-order valence-electron chi connectivity index (χ3n) is 3.20. The fourth-order valence-electron chi connectivity index (χ4n) is 2.25. The van der Waals surface area contributed by atoms with Crippen molar-refractivity contribution >= 4 is 33.4 Å². The maximum absolute atomic E-state index is 5.95. The molecule has 2 heterocycles. The number of halogens is 1. The number of benzene rings is 2. The molecule has 0 bridgehead atoms. The molecule has 4 rings (SSSR count). The Labute approximate surface area is 124 Å². The fourth-order valence-corrected chi connectivity index (χ4v) is 2.41. The van der Waals surface area contributed by atoms with Crippen molar-refractivity contribution in [1.82, 2.24) is 20.2 Å². The Bertz CT molecular complexity index is 945. The SMILES string of the molecule is Clc1nc(Oc2cccc3ccccc23)c2cn[nH]c2n1. The number of nitrogens with one attached hydrogen (secondary N) is 1. The molecule has 0 aliphatic heterocycles. The molecule has 21 heavy (non-hydrogen) atoms. The highest BCUT2D eigenvalue weighted by Gasteiger charge is 2.12. The zero-order valence-corrected chi connectivity index (χ0v) is 11.5. The van der Waals surface area contributed by atoms with E-state index in [9.17, 15) is 0 Å². The summed E-state index contributed by atoms with van der Waals surface area (Å²) in [6, 6.07) is 13.8. The lowest BCUT2D eigenvalue weighted by Gasteiger charge is -2.08. The average Bonchev–Trinajstić information content (AvgIpc) is 2.96. The molecule has 0 saturated heterocycles. The van der Waals surface area contributed by atoms with Gasteiger partial charge in [0.15, 0.2) is 5.65 Å². The normalized spacial score (nSPS) is 11.1. The molecule has 6 heteroatoms. The van der Waals surface area contributed by atoms with Gasteiger partial charge in [-0.3, -0.25) is 5.10 Å². The van der Waals surface area contributed by atoms with Crippen molar-refractivity contribution in [2.24, 2.45) is 0 Å². The molecule has 1 N–H and O–H groups in total. The molecule has 0 atom stereocenters. The van der Waals surface area contributed by atoms with Crippen LogP contribution >= 0.6 is 11.6 Å². The summed E-state index contributed by atoms with van der Waals surface area (Å²) in [5.41, 5.74) is 0.547. The van der Waals surface area contributed by atoms with E-state index in [4.69, 9.17) is 16.3 Å². The fraction of sp³-hybridized carbons (Fsp3) is 0. The van der Waals surface area contributed by atoms with Crippen LogP contribution in [0.15, 0.2) is 48.7 Å². The Kier molecular flexibility index (Phi) is 2.72. The molecule has 4 aromatic rings.